The molecule has 2 aromatic carbocycles. The molecule has 12 heteroatoms. The third kappa shape index (κ3) is 5.60. The Morgan fingerprint density at radius 1 is 1.24 bits per heavy atom. The SMILES string of the molecule is COc1cc(C=NNC(=O)c2ccc(Cl)cc2Cl)ccc1OCn1nc(C)c([N+](=O)[O-])c1C. The van der Waals surface area contributed by atoms with Crippen molar-refractivity contribution in [2.75, 3.05) is 7.11 Å². The van der Waals surface area contributed by atoms with Crippen molar-refractivity contribution in [3.8, 4) is 11.5 Å². The van der Waals surface area contributed by atoms with Crippen LogP contribution in [0.15, 0.2) is 41.5 Å². The van der Waals surface area contributed by atoms with E-state index in [-0.39, 0.29) is 23.0 Å². The zero-order valence-corrected chi connectivity index (χ0v) is 19.3. The van der Waals surface area contributed by atoms with Crippen molar-refractivity contribution in [3.05, 3.63) is 79.1 Å². The lowest BCUT2D eigenvalue weighted by atomic mass is 10.2. The van der Waals surface area contributed by atoms with Crippen LogP contribution in [0.3, 0.4) is 0 Å². The Kier molecular flexibility index (Phi) is 7.52. The molecule has 172 valence electrons. The summed E-state index contributed by atoms with van der Waals surface area (Å²) in [5, 5.41) is 19.9. The predicted octanol–water partition coefficient (Wildman–Crippen LogP) is 4.52. The molecule has 1 aromatic heterocycles. The van der Waals surface area contributed by atoms with Gasteiger partial charge < -0.3 is 9.47 Å². The predicted molar refractivity (Wildman–Crippen MR) is 123 cm³/mol. The van der Waals surface area contributed by atoms with Crippen LogP contribution in [0.2, 0.25) is 10.0 Å². The van der Waals surface area contributed by atoms with E-state index in [9.17, 15) is 14.9 Å². The minimum atomic E-state index is -0.487. The first-order valence-corrected chi connectivity index (χ1v) is 10.2. The van der Waals surface area contributed by atoms with E-state index in [2.05, 4.69) is 15.6 Å². The van der Waals surface area contributed by atoms with E-state index in [1.807, 2.05) is 0 Å². The highest BCUT2D eigenvalue weighted by Crippen LogP contribution is 2.29. The molecule has 1 N–H and O–H groups in total. The Hall–Kier alpha value is -3.63. The summed E-state index contributed by atoms with van der Waals surface area (Å²) in [6.45, 7) is 3.13. The van der Waals surface area contributed by atoms with Crippen molar-refractivity contribution in [1.29, 1.82) is 0 Å². The highest BCUT2D eigenvalue weighted by molar-refractivity contribution is 6.36. The number of halogens is 2. The van der Waals surface area contributed by atoms with Gasteiger partial charge in [-0.15, -0.1) is 0 Å². The molecular weight excluding hydrogens is 473 g/mol. The monoisotopic (exact) mass is 491 g/mol. The molecule has 33 heavy (non-hydrogen) atoms. The maximum absolute atomic E-state index is 12.2. The number of carbonyl (C=O) groups excluding carboxylic acids is 1. The summed E-state index contributed by atoms with van der Waals surface area (Å²) < 4.78 is 12.5. The molecule has 0 unspecified atom stereocenters. The van der Waals surface area contributed by atoms with Gasteiger partial charge in [0.05, 0.1) is 28.8 Å². The number of hydrazone groups is 1. The summed E-state index contributed by atoms with van der Waals surface area (Å²) in [4.78, 5) is 22.9. The Morgan fingerprint density at radius 2 is 2.00 bits per heavy atom. The van der Waals surface area contributed by atoms with E-state index in [1.54, 1.807) is 38.1 Å². The van der Waals surface area contributed by atoms with Gasteiger partial charge in [-0.05, 0) is 55.8 Å². The Bertz CT molecular complexity index is 1240. The van der Waals surface area contributed by atoms with Crippen LogP contribution >= 0.6 is 23.2 Å². The standard InChI is InChI=1S/C21H19Cl2N5O5/c1-12-20(28(30)31)13(2)27(26-12)11-33-18-7-4-14(8-19(18)32-3)10-24-25-21(29)16-6-5-15(22)9-17(16)23/h4-10H,11H2,1-3H3,(H,25,29). The molecule has 0 saturated carbocycles. The summed E-state index contributed by atoms with van der Waals surface area (Å²) in [5.41, 5.74) is 3.91. The van der Waals surface area contributed by atoms with Crippen LogP contribution in [-0.2, 0) is 6.73 Å². The number of nitro groups is 1. The molecule has 0 atom stereocenters. The van der Waals surface area contributed by atoms with Crippen LogP contribution in [0.5, 0.6) is 11.5 Å². The second-order valence-electron chi connectivity index (χ2n) is 6.78. The number of aryl methyl sites for hydroxylation is 1. The summed E-state index contributed by atoms with van der Waals surface area (Å²) in [7, 11) is 1.47. The van der Waals surface area contributed by atoms with E-state index in [0.717, 1.165) is 0 Å². The van der Waals surface area contributed by atoms with Crippen molar-refractivity contribution in [3.63, 3.8) is 0 Å². The molecule has 0 spiro atoms. The van der Waals surface area contributed by atoms with Gasteiger partial charge in [0.15, 0.2) is 18.2 Å². The van der Waals surface area contributed by atoms with Gasteiger partial charge in [-0.1, -0.05) is 23.2 Å². The molecule has 10 nitrogen and oxygen atoms in total. The van der Waals surface area contributed by atoms with Crippen LogP contribution in [0.4, 0.5) is 5.69 Å². The van der Waals surface area contributed by atoms with Crippen molar-refractivity contribution in [1.82, 2.24) is 15.2 Å². The number of amides is 1. The lowest BCUT2D eigenvalue weighted by Gasteiger charge is -2.12. The smallest absolute Gasteiger partial charge is 0.312 e. The zero-order valence-electron chi connectivity index (χ0n) is 17.8. The molecule has 0 aliphatic carbocycles. The number of carbonyl (C=O) groups is 1. The second-order valence-corrected chi connectivity index (χ2v) is 7.63. The third-order valence-electron chi connectivity index (χ3n) is 4.61. The minimum absolute atomic E-state index is 0.0395. The topological polar surface area (TPSA) is 121 Å². The third-order valence-corrected chi connectivity index (χ3v) is 5.16. The number of methoxy groups -OCH3 is 1. The van der Waals surface area contributed by atoms with Gasteiger partial charge in [-0.25, -0.2) is 10.1 Å². The normalized spacial score (nSPS) is 10.9. The van der Waals surface area contributed by atoms with E-state index >= 15 is 0 Å². The van der Waals surface area contributed by atoms with E-state index in [1.165, 1.54) is 30.1 Å². The van der Waals surface area contributed by atoms with E-state index < -0.39 is 10.8 Å². The van der Waals surface area contributed by atoms with Crippen molar-refractivity contribution < 1.29 is 19.2 Å². The second kappa shape index (κ2) is 10.3. The Morgan fingerprint density at radius 3 is 2.64 bits per heavy atom. The maximum Gasteiger partial charge on any atom is 0.312 e. The molecule has 3 rings (SSSR count). The van der Waals surface area contributed by atoms with Gasteiger partial charge >= 0.3 is 5.69 Å². The van der Waals surface area contributed by atoms with Crippen molar-refractivity contribution in [2.45, 2.75) is 20.6 Å². The number of rotatable bonds is 8. The molecule has 0 fully saturated rings. The lowest BCUT2D eigenvalue weighted by molar-refractivity contribution is -0.386. The molecule has 0 bridgehead atoms. The number of hydrogen-bond acceptors (Lipinski definition) is 7. The number of nitrogens with zero attached hydrogens (tertiary/aromatic N) is 4. The van der Waals surface area contributed by atoms with Crippen LogP contribution in [0, 0.1) is 24.0 Å². The molecule has 1 amide bonds. The fourth-order valence-electron chi connectivity index (χ4n) is 2.99. The van der Waals surface area contributed by atoms with Gasteiger partial charge in [-0.2, -0.15) is 10.2 Å². The molecule has 0 radical (unpaired) electrons. The highest BCUT2D eigenvalue weighted by atomic mass is 35.5. The summed E-state index contributed by atoms with van der Waals surface area (Å²) in [6.07, 6.45) is 1.43. The van der Waals surface area contributed by atoms with E-state index in [0.29, 0.717) is 33.5 Å². The van der Waals surface area contributed by atoms with Gasteiger partial charge in [0.25, 0.3) is 5.91 Å². The quantitative estimate of drug-likeness (QED) is 0.280. The van der Waals surface area contributed by atoms with Crippen molar-refractivity contribution in [2.24, 2.45) is 5.10 Å². The lowest BCUT2D eigenvalue weighted by Crippen LogP contribution is -2.18. The van der Waals surface area contributed by atoms with Crippen molar-refractivity contribution >= 4 is 41.0 Å². The van der Waals surface area contributed by atoms with Crippen LogP contribution < -0.4 is 14.9 Å². The summed E-state index contributed by atoms with van der Waals surface area (Å²) >= 11 is 11.9. The molecule has 0 saturated heterocycles. The van der Waals surface area contributed by atoms with Gasteiger partial charge in [0.1, 0.15) is 11.4 Å². The average molecular weight is 492 g/mol. The van der Waals surface area contributed by atoms with Gasteiger partial charge in [0.2, 0.25) is 0 Å². The highest BCUT2D eigenvalue weighted by Gasteiger charge is 2.22. The molecule has 0 aliphatic heterocycles. The van der Waals surface area contributed by atoms with Crippen LogP contribution in [0.1, 0.15) is 27.3 Å². The molecular formula is C21H19Cl2N5O5. The van der Waals surface area contributed by atoms with Crippen LogP contribution in [0.25, 0.3) is 0 Å². The number of hydrogen-bond donors (Lipinski definition) is 1. The fourth-order valence-corrected chi connectivity index (χ4v) is 3.49. The fraction of sp³-hybridized carbons (Fsp3) is 0.190. The largest absolute Gasteiger partial charge is 0.493 e. The summed E-state index contributed by atoms with van der Waals surface area (Å²) in [5.74, 6) is 0.322. The van der Waals surface area contributed by atoms with E-state index in [4.69, 9.17) is 32.7 Å². The number of aromatic nitrogens is 2. The Balaban J connectivity index is 1.67. The first kappa shape index (κ1) is 24.0. The minimum Gasteiger partial charge on any atom is -0.493 e. The van der Waals surface area contributed by atoms with Crippen LogP contribution in [-0.4, -0.2) is 33.9 Å². The number of nitrogens with one attached hydrogen (secondary N) is 1. The van der Waals surface area contributed by atoms with Gasteiger partial charge in [0, 0.05) is 5.02 Å². The molecule has 1 heterocycles. The Labute approximate surface area is 198 Å². The average Bonchev–Trinajstić information content (AvgIpc) is 3.05. The first-order chi connectivity index (χ1) is 15.7. The first-order valence-electron chi connectivity index (χ1n) is 9.49. The molecule has 0 aliphatic rings. The zero-order chi connectivity index (χ0) is 24.1. The number of benzene rings is 2. The van der Waals surface area contributed by atoms with Gasteiger partial charge in [-0.3, -0.25) is 14.9 Å². The summed E-state index contributed by atoms with van der Waals surface area (Å²) in [6, 6.07) is 9.53. The molecule has 3 aromatic rings. The maximum atomic E-state index is 12.2. The number of ether oxygens (including phenoxy) is 2.